The van der Waals surface area contributed by atoms with Gasteiger partial charge in [-0.2, -0.15) is 5.26 Å². The van der Waals surface area contributed by atoms with Gasteiger partial charge in [0.05, 0.1) is 27.6 Å². The molecular weight excluding hydrogens is 636 g/mol. The van der Waals surface area contributed by atoms with Crippen LogP contribution in [0.25, 0.3) is 11.0 Å². The zero-order chi connectivity index (χ0) is 33.1. The number of carbonyl (C=O) groups is 1. The highest BCUT2D eigenvalue weighted by atomic mass is 35.5. The molecule has 1 saturated heterocycles. The fourth-order valence-electron chi connectivity index (χ4n) is 6.07. The Hall–Kier alpha value is -5.18. The highest BCUT2D eigenvalue weighted by Crippen LogP contribution is 2.32. The minimum absolute atomic E-state index is 0.0767. The summed E-state index contributed by atoms with van der Waals surface area (Å²) in [5, 5.41) is 8.01. The minimum Gasteiger partial charge on any atom is -0.368 e. The second-order valence-electron chi connectivity index (χ2n) is 11.2. The van der Waals surface area contributed by atoms with Crippen LogP contribution in [-0.2, 0) is 21.1 Å². The van der Waals surface area contributed by atoms with E-state index in [1.54, 1.807) is 35.5 Å². The maximum Gasteiger partial charge on any atom is 0.331 e. The Morgan fingerprint density at radius 3 is 2.26 bits per heavy atom. The molecule has 0 radical (unpaired) electrons. The summed E-state index contributed by atoms with van der Waals surface area (Å²) in [4.78, 5) is 37.0. The number of anilines is 1. The molecule has 3 aromatic carbocycles. The van der Waals surface area contributed by atoms with Crippen molar-refractivity contribution in [1.29, 1.82) is 5.26 Å². The molecule has 5 aromatic rings. The quantitative estimate of drug-likeness (QED) is 0.203. The van der Waals surface area contributed by atoms with E-state index >= 15 is 0 Å². The van der Waals surface area contributed by atoms with Crippen molar-refractivity contribution in [1.82, 2.24) is 19.0 Å². The molecule has 47 heavy (non-hydrogen) atoms. The van der Waals surface area contributed by atoms with Gasteiger partial charge in [-0.05, 0) is 60.2 Å². The first-order valence-electron chi connectivity index (χ1n) is 15.0. The van der Waals surface area contributed by atoms with E-state index in [1.807, 2.05) is 48.5 Å². The van der Waals surface area contributed by atoms with Crippen LogP contribution in [0.15, 0.2) is 120 Å². The average Bonchev–Trinajstić information content (AvgIpc) is 3.38. The lowest BCUT2D eigenvalue weighted by atomic mass is 10.0. The number of aromatic nitrogens is 3. The third-order valence-electron chi connectivity index (χ3n) is 8.44. The molecule has 1 amide bonds. The van der Waals surface area contributed by atoms with Crippen molar-refractivity contribution >= 4 is 44.1 Å². The Kier molecular flexibility index (Phi) is 8.98. The molecule has 0 saturated carbocycles. The number of nitriles is 1. The molecule has 1 aliphatic rings. The molecule has 238 valence electrons. The minimum atomic E-state index is -4.21. The second kappa shape index (κ2) is 13.3. The predicted octanol–water partition coefficient (Wildman–Crippen LogP) is 5.01. The van der Waals surface area contributed by atoms with Crippen LogP contribution >= 0.6 is 11.6 Å². The van der Waals surface area contributed by atoms with E-state index in [0.29, 0.717) is 42.3 Å². The Morgan fingerprint density at radius 2 is 1.62 bits per heavy atom. The smallest absolute Gasteiger partial charge is 0.331 e. The molecule has 0 spiro atoms. The molecule has 2 aromatic heterocycles. The number of carbonyl (C=O) groups excluding carboxylic acids is 1. The molecule has 12 heteroatoms. The lowest BCUT2D eigenvalue weighted by Gasteiger charge is -2.37. The lowest BCUT2D eigenvalue weighted by molar-refractivity contribution is -0.135. The summed E-state index contributed by atoms with van der Waals surface area (Å²) in [7, 11) is -4.21. The van der Waals surface area contributed by atoms with Gasteiger partial charge >= 0.3 is 5.69 Å². The first-order chi connectivity index (χ1) is 22.7. The number of amides is 1. The van der Waals surface area contributed by atoms with Crippen molar-refractivity contribution in [3.8, 4) is 6.07 Å². The van der Waals surface area contributed by atoms with Crippen molar-refractivity contribution in [2.75, 3.05) is 31.1 Å². The number of imidazole rings is 1. The number of piperazine rings is 1. The largest absolute Gasteiger partial charge is 0.368 e. The van der Waals surface area contributed by atoms with Gasteiger partial charge in [-0.25, -0.2) is 13.2 Å². The SMILES string of the molecule is C=CC(n1c(=O)n(C(Cc2ccccc2)C(=O)N2CCN(c3ccncc3)CC2)c2cc(Cl)ccc21)S(=O)(=O)c1ccc(C#N)cc1. The molecule has 10 nitrogen and oxygen atoms in total. The maximum atomic E-state index is 14.6. The fourth-order valence-corrected chi connectivity index (χ4v) is 7.76. The van der Waals surface area contributed by atoms with Gasteiger partial charge < -0.3 is 9.80 Å². The highest BCUT2D eigenvalue weighted by Gasteiger charge is 2.36. The van der Waals surface area contributed by atoms with Gasteiger partial charge in [0.15, 0.2) is 5.37 Å². The van der Waals surface area contributed by atoms with Gasteiger partial charge in [-0.3, -0.25) is 18.9 Å². The third kappa shape index (κ3) is 6.17. The second-order valence-corrected chi connectivity index (χ2v) is 13.7. The van der Waals surface area contributed by atoms with Crippen molar-refractivity contribution in [3.05, 3.63) is 137 Å². The Bertz CT molecular complexity index is 2130. The van der Waals surface area contributed by atoms with Crippen LogP contribution in [0.4, 0.5) is 5.69 Å². The van der Waals surface area contributed by atoms with E-state index in [1.165, 1.54) is 34.9 Å². The number of fused-ring (bicyclic) bond motifs is 1. The summed E-state index contributed by atoms with van der Waals surface area (Å²) in [5.74, 6) is -0.255. The molecule has 0 aliphatic carbocycles. The van der Waals surface area contributed by atoms with Crippen molar-refractivity contribution in [2.24, 2.45) is 0 Å². The van der Waals surface area contributed by atoms with E-state index in [0.717, 1.165) is 15.8 Å². The Balaban J connectivity index is 1.45. The highest BCUT2D eigenvalue weighted by molar-refractivity contribution is 7.91. The summed E-state index contributed by atoms with van der Waals surface area (Å²) in [6, 6.07) is 24.4. The molecular formula is C35H31ClN6O4S. The van der Waals surface area contributed by atoms with E-state index in [9.17, 15) is 23.3 Å². The van der Waals surface area contributed by atoms with Gasteiger partial charge in [0.25, 0.3) is 0 Å². The van der Waals surface area contributed by atoms with Crippen LogP contribution in [0.5, 0.6) is 0 Å². The van der Waals surface area contributed by atoms with Crippen LogP contribution < -0.4 is 10.6 Å². The zero-order valence-corrected chi connectivity index (χ0v) is 26.9. The number of benzene rings is 3. The van der Waals surface area contributed by atoms with Crippen LogP contribution in [0.3, 0.4) is 0 Å². The predicted molar refractivity (Wildman–Crippen MR) is 181 cm³/mol. The van der Waals surface area contributed by atoms with Gasteiger partial charge in [0.2, 0.25) is 15.7 Å². The normalized spacial score (nSPS) is 14.8. The average molecular weight is 667 g/mol. The van der Waals surface area contributed by atoms with Crippen molar-refractivity contribution in [3.63, 3.8) is 0 Å². The van der Waals surface area contributed by atoms with Gasteiger partial charge in [0.1, 0.15) is 6.04 Å². The zero-order valence-electron chi connectivity index (χ0n) is 25.3. The Morgan fingerprint density at radius 1 is 0.936 bits per heavy atom. The summed E-state index contributed by atoms with van der Waals surface area (Å²) >= 11 is 6.45. The first kappa shape index (κ1) is 31.8. The summed E-state index contributed by atoms with van der Waals surface area (Å²) < 4.78 is 30.5. The molecule has 2 unspecified atom stereocenters. The maximum absolute atomic E-state index is 14.6. The molecule has 0 bridgehead atoms. The standard InChI is InChI=1S/C35H31ClN6O4S/c1-2-33(47(45,46)29-11-8-26(24-37)9-12-29)42-30-13-10-27(36)23-31(30)41(35(42)44)32(22-25-6-4-3-5-7-25)34(43)40-20-18-39(19-21-40)28-14-16-38-17-15-28/h2-17,23,32-33H,1,18-22H2. The summed E-state index contributed by atoms with van der Waals surface area (Å²) in [6.45, 7) is 5.84. The van der Waals surface area contributed by atoms with Crippen LogP contribution in [0.2, 0.25) is 5.02 Å². The van der Waals surface area contributed by atoms with E-state index < -0.39 is 26.9 Å². The number of halogens is 1. The summed E-state index contributed by atoms with van der Waals surface area (Å²) in [5.41, 5.74) is 2.08. The number of hydrogen-bond donors (Lipinski definition) is 0. The Labute approximate surface area is 277 Å². The fraction of sp³-hybridized carbons (Fsp3) is 0.200. The number of hydrogen-bond acceptors (Lipinski definition) is 7. The van der Waals surface area contributed by atoms with Gasteiger partial charge in [0, 0.05) is 55.7 Å². The van der Waals surface area contributed by atoms with Crippen LogP contribution in [-0.4, -0.2) is 59.5 Å². The molecule has 1 aliphatic heterocycles. The first-order valence-corrected chi connectivity index (χ1v) is 16.9. The van der Waals surface area contributed by atoms with Crippen molar-refractivity contribution in [2.45, 2.75) is 22.7 Å². The lowest BCUT2D eigenvalue weighted by Crippen LogP contribution is -2.51. The monoisotopic (exact) mass is 666 g/mol. The third-order valence-corrected chi connectivity index (χ3v) is 10.6. The van der Waals surface area contributed by atoms with Gasteiger partial charge in [-0.1, -0.05) is 54.6 Å². The topological polar surface area (TPSA) is 121 Å². The molecule has 2 atom stereocenters. The van der Waals surface area contributed by atoms with Crippen LogP contribution in [0.1, 0.15) is 22.5 Å². The number of nitrogens with zero attached hydrogens (tertiary/aromatic N) is 6. The molecule has 3 heterocycles. The van der Waals surface area contributed by atoms with Gasteiger partial charge in [-0.15, -0.1) is 0 Å². The number of rotatable bonds is 9. The van der Waals surface area contributed by atoms with E-state index in [2.05, 4.69) is 16.5 Å². The number of pyridine rings is 1. The molecule has 0 N–H and O–H groups in total. The molecule has 1 fully saturated rings. The summed E-state index contributed by atoms with van der Waals surface area (Å²) in [6.07, 6.45) is 4.85. The molecule has 6 rings (SSSR count). The van der Waals surface area contributed by atoms with Crippen molar-refractivity contribution < 1.29 is 13.2 Å². The van der Waals surface area contributed by atoms with Crippen LogP contribution in [0, 0.1) is 11.3 Å². The number of sulfone groups is 1. The van der Waals surface area contributed by atoms with E-state index in [4.69, 9.17) is 11.6 Å². The van der Waals surface area contributed by atoms with E-state index in [-0.39, 0.29) is 22.7 Å².